The molecule has 0 radical (unpaired) electrons. The van der Waals surface area contributed by atoms with E-state index in [1.807, 2.05) is 0 Å². The van der Waals surface area contributed by atoms with E-state index in [-0.39, 0.29) is 5.32 Å². The molecule has 0 amide bonds. The first-order valence-electron chi connectivity index (χ1n) is 2.86. The van der Waals surface area contributed by atoms with Crippen LogP contribution in [0.1, 0.15) is 0 Å². The molecule has 0 bridgehead atoms. The average Bonchev–Trinajstić information content (AvgIpc) is 1.80. The number of alkyl halides is 7. The van der Waals surface area contributed by atoms with Gasteiger partial charge in [-0.25, -0.2) is 0 Å². The first-order chi connectivity index (χ1) is 5.92. The number of halogens is 7. The lowest BCUT2D eigenvalue weighted by atomic mass is 10.2. The summed E-state index contributed by atoms with van der Waals surface area (Å²) in [6.45, 7) is 0. The van der Waals surface area contributed by atoms with Gasteiger partial charge in [0, 0.05) is 0 Å². The highest BCUT2D eigenvalue weighted by Crippen LogP contribution is 2.44. The van der Waals surface area contributed by atoms with Gasteiger partial charge in [-0.2, -0.15) is 30.7 Å². The van der Waals surface area contributed by atoms with Crippen molar-refractivity contribution in [3.8, 4) is 0 Å². The van der Waals surface area contributed by atoms with Crippen LogP contribution in [0.4, 0.5) is 30.7 Å². The molecule has 0 saturated heterocycles. The standard InChI is InChI=1S/C4H4F7N3/c5-2(6,3(7,8)9)4(10,11)14-1(12)13/h(H4,12,13,14). The van der Waals surface area contributed by atoms with Crippen LogP contribution < -0.4 is 11.1 Å². The summed E-state index contributed by atoms with van der Waals surface area (Å²) in [4.78, 5) is 0. The van der Waals surface area contributed by atoms with E-state index in [4.69, 9.17) is 5.41 Å². The Hall–Kier alpha value is -1.22. The second-order valence-electron chi connectivity index (χ2n) is 2.19. The van der Waals surface area contributed by atoms with Crippen molar-refractivity contribution in [2.45, 2.75) is 18.1 Å². The maximum absolute atomic E-state index is 12.1. The predicted octanol–water partition coefficient (Wildman–Crippen LogP) is 1.26. The molecule has 0 aromatic heterocycles. The van der Waals surface area contributed by atoms with Crippen LogP contribution in [0.3, 0.4) is 0 Å². The second kappa shape index (κ2) is 3.17. The molecular formula is C4H4F7N3. The summed E-state index contributed by atoms with van der Waals surface area (Å²) in [7, 11) is 0. The largest absolute Gasteiger partial charge is 0.462 e. The van der Waals surface area contributed by atoms with Crippen LogP contribution in [0.15, 0.2) is 0 Å². The molecule has 14 heavy (non-hydrogen) atoms. The maximum atomic E-state index is 12.1. The molecule has 0 aromatic rings. The molecule has 0 aliphatic rings. The first-order valence-corrected chi connectivity index (χ1v) is 2.86. The fraction of sp³-hybridized carbons (Fsp3) is 0.750. The summed E-state index contributed by atoms with van der Waals surface area (Å²) in [5, 5.41) is 6.34. The molecule has 0 fully saturated rings. The van der Waals surface area contributed by atoms with Gasteiger partial charge in [0.25, 0.3) is 0 Å². The number of guanidine groups is 1. The second-order valence-corrected chi connectivity index (χ2v) is 2.19. The van der Waals surface area contributed by atoms with Crippen molar-refractivity contribution in [2.24, 2.45) is 5.73 Å². The molecule has 0 rings (SSSR count). The average molecular weight is 227 g/mol. The van der Waals surface area contributed by atoms with Crippen LogP contribution >= 0.6 is 0 Å². The van der Waals surface area contributed by atoms with E-state index in [1.165, 1.54) is 0 Å². The minimum absolute atomic E-state index is 0.224. The van der Waals surface area contributed by atoms with Crippen molar-refractivity contribution in [3.05, 3.63) is 0 Å². The molecule has 84 valence electrons. The molecule has 0 aliphatic carbocycles. The highest BCUT2D eigenvalue weighted by molar-refractivity contribution is 5.74. The molecule has 0 aromatic carbocycles. The van der Waals surface area contributed by atoms with Gasteiger partial charge in [0.05, 0.1) is 0 Å². The van der Waals surface area contributed by atoms with E-state index in [0.717, 1.165) is 0 Å². The smallest absolute Gasteiger partial charge is 0.370 e. The third-order valence-electron chi connectivity index (χ3n) is 1.04. The van der Waals surface area contributed by atoms with Crippen LogP contribution in [0.2, 0.25) is 0 Å². The van der Waals surface area contributed by atoms with Gasteiger partial charge in [0.1, 0.15) is 0 Å². The van der Waals surface area contributed by atoms with Crippen molar-refractivity contribution in [3.63, 3.8) is 0 Å². The normalized spacial score (nSPS) is 13.9. The summed E-state index contributed by atoms with van der Waals surface area (Å²) in [5.41, 5.74) is 4.21. The Balaban J connectivity index is 4.97. The Morgan fingerprint density at radius 1 is 1.00 bits per heavy atom. The third-order valence-corrected chi connectivity index (χ3v) is 1.04. The van der Waals surface area contributed by atoms with Crippen molar-refractivity contribution in [2.75, 3.05) is 0 Å². The van der Waals surface area contributed by atoms with Crippen molar-refractivity contribution in [1.82, 2.24) is 5.32 Å². The van der Waals surface area contributed by atoms with Gasteiger partial charge in [-0.05, 0) is 0 Å². The lowest BCUT2D eigenvalue weighted by molar-refractivity contribution is -0.358. The number of rotatable bonds is 2. The summed E-state index contributed by atoms with van der Waals surface area (Å²) >= 11 is 0. The van der Waals surface area contributed by atoms with Crippen LogP contribution in [0, 0.1) is 5.41 Å². The zero-order valence-corrected chi connectivity index (χ0v) is 6.22. The Morgan fingerprint density at radius 2 is 1.36 bits per heavy atom. The van der Waals surface area contributed by atoms with Gasteiger partial charge in [-0.15, -0.1) is 0 Å². The third kappa shape index (κ3) is 2.17. The number of nitrogens with two attached hydrogens (primary N) is 1. The molecule has 0 heterocycles. The van der Waals surface area contributed by atoms with E-state index in [1.54, 1.807) is 0 Å². The van der Waals surface area contributed by atoms with E-state index in [9.17, 15) is 30.7 Å². The molecule has 3 nitrogen and oxygen atoms in total. The Morgan fingerprint density at radius 3 is 1.57 bits per heavy atom. The highest BCUT2D eigenvalue weighted by Gasteiger charge is 2.73. The van der Waals surface area contributed by atoms with E-state index in [0.29, 0.717) is 0 Å². The summed E-state index contributed by atoms with van der Waals surface area (Å²) in [5.74, 6) is -8.00. The Labute approximate surface area is 72.6 Å². The lowest BCUT2D eigenvalue weighted by Gasteiger charge is -2.28. The van der Waals surface area contributed by atoms with Crippen LogP contribution in [-0.2, 0) is 0 Å². The fourth-order valence-corrected chi connectivity index (χ4v) is 0.426. The lowest BCUT2D eigenvalue weighted by Crippen LogP contribution is -2.61. The molecule has 10 heteroatoms. The monoisotopic (exact) mass is 227 g/mol. The minimum atomic E-state index is -6.43. The van der Waals surface area contributed by atoms with Crippen LogP contribution in [0.5, 0.6) is 0 Å². The van der Waals surface area contributed by atoms with Gasteiger partial charge in [-0.1, -0.05) is 0 Å². The van der Waals surface area contributed by atoms with Crippen molar-refractivity contribution < 1.29 is 30.7 Å². The number of hydrogen-bond acceptors (Lipinski definition) is 1. The minimum Gasteiger partial charge on any atom is -0.370 e. The molecule has 4 N–H and O–H groups in total. The van der Waals surface area contributed by atoms with Gasteiger partial charge in [0.15, 0.2) is 5.96 Å². The highest BCUT2D eigenvalue weighted by atomic mass is 19.4. The van der Waals surface area contributed by atoms with Gasteiger partial charge < -0.3 is 5.73 Å². The maximum Gasteiger partial charge on any atom is 0.462 e. The first kappa shape index (κ1) is 12.8. The molecule has 0 spiro atoms. The van der Waals surface area contributed by atoms with E-state index >= 15 is 0 Å². The summed E-state index contributed by atoms with van der Waals surface area (Å²) < 4.78 is 82.4. The van der Waals surface area contributed by atoms with Crippen LogP contribution in [0.25, 0.3) is 0 Å². The van der Waals surface area contributed by atoms with Gasteiger partial charge in [0.2, 0.25) is 0 Å². The van der Waals surface area contributed by atoms with Crippen LogP contribution in [-0.4, -0.2) is 24.1 Å². The van der Waals surface area contributed by atoms with Crippen molar-refractivity contribution in [1.29, 1.82) is 5.41 Å². The van der Waals surface area contributed by atoms with E-state index < -0.39 is 24.1 Å². The molecule has 0 atom stereocenters. The zero-order valence-electron chi connectivity index (χ0n) is 6.22. The van der Waals surface area contributed by atoms with Gasteiger partial charge in [-0.3, -0.25) is 10.7 Å². The summed E-state index contributed by atoms with van der Waals surface area (Å²) in [6, 6.07) is -5.66. The topological polar surface area (TPSA) is 61.9 Å². The predicted molar refractivity (Wildman–Crippen MR) is 31.0 cm³/mol. The molecule has 0 aliphatic heterocycles. The van der Waals surface area contributed by atoms with E-state index in [2.05, 4.69) is 5.73 Å². The molecule has 0 unspecified atom stereocenters. The van der Waals surface area contributed by atoms with Crippen molar-refractivity contribution >= 4 is 5.96 Å². The summed E-state index contributed by atoms with van der Waals surface area (Å²) in [6.07, 6.45) is -6.43. The number of hydrogen-bond donors (Lipinski definition) is 3. The fourth-order valence-electron chi connectivity index (χ4n) is 0.426. The molecule has 0 saturated carbocycles. The molecular weight excluding hydrogens is 223 g/mol. The number of nitrogens with one attached hydrogen (secondary N) is 2. The SMILES string of the molecule is N=C(N)NC(F)(F)C(F)(F)C(F)(F)F. The zero-order chi connectivity index (χ0) is 11.8. The quantitative estimate of drug-likeness (QED) is 0.288. The Kier molecular flexibility index (Phi) is 2.89. The van der Waals surface area contributed by atoms with Gasteiger partial charge >= 0.3 is 18.1 Å². The Bertz CT molecular complexity index is 232.